The van der Waals surface area contributed by atoms with E-state index in [1.807, 2.05) is 30.3 Å². The summed E-state index contributed by atoms with van der Waals surface area (Å²) < 4.78 is 26.3. The lowest BCUT2D eigenvalue weighted by molar-refractivity contribution is -0.139. The number of carbonyl (C=O) groups excluding carboxylic acids is 2. The molecule has 1 N–H and O–H groups in total. The number of sulfonamides is 1. The molecule has 0 fully saturated rings. The second-order valence-corrected chi connectivity index (χ2v) is 11.0. The van der Waals surface area contributed by atoms with E-state index in [1.54, 1.807) is 42.5 Å². The van der Waals surface area contributed by atoms with Crippen molar-refractivity contribution in [1.82, 2.24) is 10.2 Å². The first-order valence-electron chi connectivity index (χ1n) is 11.1. The predicted octanol–water partition coefficient (Wildman–Crippen LogP) is 4.15. The maximum atomic E-state index is 13.8. The number of carbonyl (C=O) groups is 2. The number of nitrogens with one attached hydrogen (secondary N) is 1. The van der Waals surface area contributed by atoms with E-state index in [2.05, 4.69) is 5.32 Å². The number of nitrogens with zero attached hydrogens (tertiary/aromatic N) is 2. The van der Waals surface area contributed by atoms with Gasteiger partial charge in [-0.25, -0.2) is 8.42 Å². The topological polar surface area (TPSA) is 86.8 Å². The van der Waals surface area contributed by atoms with Crippen molar-refractivity contribution in [3.8, 4) is 0 Å². The monoisotopic (exact) mass is 547 g/mol. The quantitative estimate of drug-likeness (QED) is 0.413. The third kappa shape index (κ3) is 7.46. The molecule has 3 aromatic rings. The molecular formula is C26H27Cl2N3O4S. The predicted molar refractivity (Wildman–Crippen MR) is 144 cm³/mol. The van der Waals surface area contributed by atoms with Crippen LogP contribution in [-0.2, 0) is 32.6 Å². The fraction of sp³-hybridized carbons (Fsp3) is 0.231. The number of hydrogen-bond donors (Lipinski definition) is 1. The van der Waals surface area contributed by atoms with Gasteiger partial charge in [-0.05, 0) is 41.5 Å². The summed E-state index contributed by atoms with van der Waals surface area (Å²) >= 11 is 12.2. The number of rotatable bonds is 10. The summed E-state index contributed by atoms with van der Waals surface area (Å²) in [6, 6.07) is 21.6. The van der Waals surface area contributed by atoms with E-state index in [1.165, 1.54) is 18.0 Å². The highest BCUT2D eigenvalue weighted by molar-refractivity contribution is 7.92. The molecule has 0 saturated heterocycles. The summed E-state index contributed by atoms with van der Waals surface area (Å²) in [6.07, 6.45) is 1.26. The zero-order chi connectivity index (χ0) is 26.3. The number of anilines is 1. The standard InChI is InChI=1S/C26H27Cl2N3O4S/c1-29-26(33)24(15-19-8-4-3-5-9-19)30(17-20-10-6-11-21(27)14-20)25(32)18-31(36(2,34)35)23-13-7-12-22(28)16-23/h3-14,16,24H,15,17-18H2,1-2H3,(H,29,33). The zero-order valence-corrected chi connectivity index (χ0v) is 22.2. The second-order valence-electron chi connectivity index (χ2n) is 8.22. The zero-order valence-electron chi connectivity index (χ0n) is 19.9. The molecule has 0 radical (unpaired) electrons. The minimum absolute atomic E-state index is 0.0530. The smallest absolute Gasteiger partial charge is 0.244 e. The average Bonchev–Trinajstić information content (AvgIpc) is 2.84. The molecule has 7 nitrogen and oxygen atoms in total. The molecule has 0 spiro atoms. The molecule has 0 aliphatic carbocycles. The van der Waals surface area contributed by atoms with Gasteiger partial charge in [-0.15, -0.1) is 0 Å². The van der Waals surface area contributed by atoms with E-state index >= 15 is 0 Å². The Kier molecular flexibility index (Phi) is 9.37. The van der Waals surface area contributed by atoms with Crippen molar-refractivity contribution in [2.75, 3.05) is 24.2 Å². The molecule has 36 heavy (non-hydrogen) atoms. The molecule has 0 aliphatic heterocycles. The lowest BCUT2D eigenvalue weighted by Gasteiger charge is -2.33. The summed E-state index contributed by atoms with van der Waals surface area (Å²) in [4.78, 5) is 28.2. The molecular weight excluding hydrogens is 521 g/mol. The summed E-state index contributed by atoms with van der Waals surface area (Å²) in [5.41, 5.74) is 1.80. The molecule has 0 bridgehead atoms. The van der Waals surface area contributed by atoms with E-state index in [4.69, 9.17) is 23.2 Å². The maximum absolute atomic E-state index is 13.8. The molecule has 0 aliphatic rings. The van der Waals surface area contributed by atoms with Crippen molar-refractivity contribution < 1.29 is 18.0 Å². The normalized spacial score (nSPS) is 12.0. The first-order chi connectivity index (χ1) is 17.1. The van der Waals surface area contributed by atoms with Crippen LogP contribution in [0.15, 0.2) is 78.9 Å². The summed E-state index contributed by atoms with van der Waals surface area (Å²) in [5, 5.41) is 3.45. The Labute approximate surface area is 221 Å². The molecule has 3 aromatic carbocycles. The van der Waals surface area contributed by atoms with Crippen LogP contribution in [0.5, 0.6) is 0 Å². The molecule has 190 valence electrons. The van der Waals surface area contributed by atoms with Crippen LogP contribution in [-0.4, -0.2) is 51.0 Å². The molecule has 0 aromatic heterocycles. The second kappa shape index (κ2) is 12.3. The van der Waals surface area contributed by atoms with Gasteiger partial charge in [-0.2, -0.15) is 0 Å². The lowest BCUT2D eigenvalue weighted by atomic mass is 10.0. The molecule has 10 heteroatoms. The SMILES string of the molecule is CNC(=O)C(Cc1ccccc1)N(Cc1cccc(Cl)c1)C(=O)CN(c1cccc(Cl)c1)S(C)(=O)=O. The number of halogens is 2. The highest BCUT2D eigenvalue weighted by Crippen LogP contribution is 2.23. The summed E-state index contributed by atoms with van der Waals surface area (Å²) in [6.45, 7) is -0.459. The van der Waals surface area contributed by atoms with Crippen LogP contribution >= 0.6 is 23.2 Å². The Morgan fingerprint density at radius 1 is 0.889 bits per heavy atom. The Hall–Kier alpha value is -3.07. The third-order valence-corrected chi connectivity index (χ3v) is 7.15. The first-order valence-corrected chi connectivity index (χ1v) is 13.7. The fourth-order valence-electron chi connectivity index (χ4n) is 3.80. The van der Waals surface area contributed by atoms with Gasteiger partial charge in [0, 0.05) is 30.1 Å². The van der Waals surface area contributed by atoms with Gasteiger partial charge < -0.3 is 10.2 Å². The number of benzene rings is 3. The van der Waals surface area contributed by atoms with Crippen LogP contribution in [0.2, 0.25) is 10.0 Å². The van der Waals surface area contributed by atoms with Gasteiger partial charge in [0.15, 0.2) is 0 Å². The van der Waals surface area contributed by atoms with E-state index in [0.717, 1.165) is 16.1 Å². The van der Waals surface area contributed by atoms with E-state index in [-0.39, 0.29) is 24.6 Å². The Balaban J connectivity index is 2.03. The van der Waals surface area contributed by atoms with Gasteiger partial charge in [0.2, 0.25) is 21.8 Å². The minimum Gasteiger partial charge on any atom is -0.357 e. The molecule has 2 amide bonds. The van der Waals surface area contributed by atoms with Gasteiger partial charge in [0.05, 0.1) is 11.9 Å². The Morgan fingerprint density at radius 3 is 2.08 bits per heavy atom. The molecule has 1 unspecified atom stereocenters. The summed E-state index contributed by atoms with van der Waals surface area (Å²) in [7, 11) is -2.35. The van der Waals surface area contributed by atoms with Gasteiger partial charge in [-0.1, -0.05) is 71.7 Å². The highest BCUT2D eigenvalue weighted by Gasteiger charge is 2.32. The van der Waals surface area contributed by atoms with Crippen molar-refractivity contribution >= 4 is 50.7 Å². The van der Waals surface area contributed by atoms with Crippen molar-refractivity contribution in [1.29, 1.82) is 0 Å². The Morgan fingerprint density at radius 2 is 1.50 bits per heavy atom. The number of amides is 2. The minimum atomic E-state index is -3.85. The van der Waals surface area contributed by atoms with Crippen LogP contribution in [0.1, 0.15) is 11.1 Å². The lowest BCUT2D eigenvalue weighted by Crippen LogP contribution is -2.52. The largest absolute Gasteiger partial charge is 0.357 e. The van der Waals surface area contributed by atoms with Crippen molar-refractivity contribution in [2.45, 2.75) is 19.0 Å². The van der Waals surface area contributed by atoms with E-state index in [9.17, 15) is 18.0 Å². The highest BCUT2D eigenvalue weighted by atomic mass is 35.5. The molecule has 0 saturated carbocycles. The number of hydrogen-bond acceptors (Lipinski definition) is 4. The van der Waals surface area contributed by atoms with Gasteiger partial charge in [0.25, 0.3) is 0 Å². The van der Waals surface area contributed by atoms with Gasteiger partial charge in [-0.3, -0.25) is 13.9 Å². The van der Waals surface area contributed by atoms with Crippen molar-refractivity contribution in [2.24, 2.45) is 0 Å². The Bertz CT molecular complexity index is 1320. The maximum Gasteiger partial charge on any atom is 0.244 e. The van der Waals surface area contributed by atoms with Crippen LogP contribution in [0.4, 0.5) is 5.69 Å². The van der Waals surface area contributed by atoms with E-state index < -0.39 is 28.5 Å². The molecule has 0 heterocycles. The van der Waals surface area contributed by atoms with Crippen molar-refractivity contribution in [3.63, 3.8) is 0 Å². The third-order valence-electron chi connectivity index (χ3n) is 5.53. The molecule has 1 atom stereocenters. The molecule has 3 rings (SSSR count). The summed E-state index contributed by atoms with van der Waals surface area (Å²) in [5.74, 6) is -0.923. The van der Waals surface area contributed by atoms with Gasteiger partial charge >= 0.3 is 0 Å². The average molecular weight is 548 g/mol. The van der Waals surface area contributed by atoms with Crippen LogP contribution in [0.25, 0.3) is 0 Å². The van der Waals surface area contributed by atoms with Crippen LogP contribution < -0.4 is 9.62 Å². The van der Waals surface area contributed by atoms with Crippen LogP contribution in [0, 0.1) is 0 Å². The van der Waals surface area contributed by atoms with Gasteiger partial charge in [0.1, 0.15) is 12.6 Å². The number of likely N-dealkylation sites (N-methyl/N-ethyl adjacent to an activating group) is 1. The van der Waals surface area contributed by atoms with E-state index in [0.29, 0.717) is 15.6 Å². The first kappa shape index (κ1) is 27.5. The van der Waals surface area contributed by atoms with Crippen molar-refractivity contribution in [3.05, 3.63) is 100 Å². The fourth-order valence-corrected chi connectivity index (χ4v) is 5.04. The van der Waals surface area contributed by atoms with Crippen LogP contribution in [0.3, 0.4) is 0 Å².